The number of aromatic nitrogens is 4. The summed E-state index contributed by atoms with van der Waals surface area (Å²) in [7, 11) is 0. The number of hydrogen-bond donors (Lipinski definition) is 0. The molecule has 3 aromatic rings. The van der Waals surface area contributed by atoms with Crippen LogP contribution in [0.4, 0.5) is 8.78 Å². The minimum Gasteiger partial charge on any atom is -0.287 e. The Hall–Kier alpha value is -3.29. The summed E-state index contributed by atoms with van der Waals surface area (Å²) in [5.74, 6) is -2.36. The maximum atomic E-state index is 13.3. The lowest BCUT2D eigenvalue weighted by molar-refractivity contribution is 0.0970. The highest BCUT2D eigenvalue weighted by atomic mass is 19.1. The molecule has 24 heavy (non-hydrogen) atoms. The Morgan fingerprint density at radius 3 is 2.50 bits per heavy atom. The van der Waals surface area contributed by atoms with Crippen molar-refractivity contribution in [1.29, 1.82) is 0 Å². The SMILES string of the molecule is O=C1c2cnccc2C(=O)c2c1nnn2Cc1cc(F)cc(F)c1. The van der Waals surface area contributed by atoms with Gasteiger partial charge >= 0.3 is 0 Å². The molecule has 2 aromatic heterocycles. The van der Waals surface area contributed by atoms with Crippen LogP contribution in [0, 0.1) is 11.6 Å². The molecule has 0 amide bonds. The third-order valence-corrected chi connectivity index (χ3v) is 3.73. The summed E-state index contributed by atoms with van der Waals surface area (Å²) < 4.78 is 27.8. The highest BCUT2D eigenvalue weighted by molar-refractivity contribution is 6.26. The molecule has 0 saturated carbocycles. The Bertz CT molecular complexity index is 993. The van der Waals surface area contributed by atoms with Crippen LogP contribution in [-0.4, -0.2) is 31.5 Å². The average Bonchev–Trinajstić information content (AvgIpc) is 2.96. The van der Waals surface area contributed by atoms with Gasteiger partial charge < -0.3 is 0 Å². The number of hydrogen-bond acceptors (Lipinski definition) is 5. The molecule has 0 aliphatic heterocycles. The number of fused-ring (bicyclic) bond motifs is 2. The van der Waals surface area contributed by atoms with Gasteiger partial charge in [-0.15, -0.1) is 5.10 Å². The van der Waals surface area contributed by atoms with Crippen LogP contribution < -0.4 is 0 Å². The Balaban J connectivity index is 1.80. The monoisotopic (exact) mass is 326 g/mol. The van der Waals surface area contributed by atoms with E-state index in [1.54, 1.807) is 0 Å². The molecule has 0 fully saturated rings. The molecule has 1 aliphatic carbocycles. The second kappa shape index (κ2) is 5.12. The number of nitrogens with zero attached hydrogens (tertiary/aromatic N) is 4. The normalized spacial score (nSPS) is 12.9. The molecule has 0 saturated heterocycles. The number of benzene rings is 1. The molecule has 1 aromatic carbocycles. The number of rotatable bonds is 2. The Morgan fingerprint density at radius 1 is 1.00 bits per heavy atom. The van der Waals surface area contributed by atoms with Crippen molar-refractivity contribution >= 4 is 11.6 Å². The fraction of sp³-hybridized carbons (Fsp3) is 0.0625. The largest absolute Gasteiger partial charge is 0.287 e. The summed E-state index contributed by atoms with van der Waals surface area (Å²) in [6.07, 6.45) is 2.71. The van der Waals surface area contributed by atoms with Crippen molar-refractivity contribution in [3.05, 3.63) is 76.4 Å². The molecule has 0 spiro atoms. The van der Waals surface area contributed by atoms with Crippen molar-refractivity contribution in [3.8, 4) is 0 Å². The van der Waals surface area contributed by atoms with E-state index in [0.717, 1.165) is 18.2 Å². The van der Waals surface area contributed by atoms with E-state index in [1.807, 2.05) is 0 Å². The lowest BCUT2D eigenvalue weighted by atomic mass is 9.91. The number of carbonyl (C=O) groups is 2. The molecular formula is C16H8F2N4O2. The summed E-state index contributed by atoms with van der Waals surface area (Å²) in [6, 6.07) is 4.45. The van der Waals surface area contributed by atoms with Gasteiger partial charge in [0, 0.05) is 24.0 Å². The fourth-order valence-corrected chi connectivity index (χ4v) is 2.71. The van der Waals surface area contributed by atoms with Gasteiger partial charge in [0.15, 0.2) is 5.69 Å². The minimum absolute atomic E-state index is 0.00312. The van der Waals surface area contributed by atoms with Gasteiger partial charge in [-0.3, -0.25) is 14.6 Å². The predicted octanol–water partition coefficient (Wildman–Crippen LogP) is 1.77. The topological polar surface area (TPSA) is 77.7 Å². The van der Waals surface area contributed by atoms with Gasteiger partial charge in [0.25, 0.3) is 0 Å². The molecule has 0 bridgehead atoms. The second-order valence-corrected chi connectivity index (χ2v) is 5.30. The molecule has 2 heterocycles. The number of halogens is 2. The van der Waals surface area contributed by atoms with E-state index in [9.17, 15) is 18.4 Å². The van der Waals surface area contributed by atoms with Gasteiger partial charge in [-0.05, 0) is 23.8 Å². The number of pyridine rings is 1. The zero-order chi connectivity index (χ0) is 16.8. The quantitative estimate of drug-likeness (QED) is 0.561. The van der Waals surface area contributed by atoms with E-state index in [0.29, 0.717) is 0 Å². The standard InChI is InChI=1S/C16H8F2N4O2/c17-9-3-8(4-10(18)5-9)7-22-14-13(20-21-22)15(23)12-6-19-2-1-11(12)16(14)24/h1-6H,7H2. The highest BCUT2D eigenvalue weighted by Gasteiger charge is 2.35. The van der Waals surface area contributed by atoms with Gasteiger partial charge in [0.1, 0.15) is 17.3 Å². The van der Waals surface area contributed by atoms with Crippen molar-refractivity contribution < 1.29 is 18.4 Å². The zero-order valence-corrected chi connectivity index (χ0v) is 12.0. The summed E-state index contributed by atoms with van der Waals surface area (Å²) in [4.78, 5) is 28.9. The van der Waals surface area contributed by atoms with E-state index in [1.165, 1.54) is 23.1 Å². The molecule has 4 rings (SSSR count). The molecule has 118 valence electrons. The van der Waals surface area contributed by atoms with E-state index >= 15 is 0 Å². The van der Waals surface area contributed by atoms with Crippen LogP contribution in [-0.2, 0) is 6.54 Å². The zero-order valence-electron chi connectivity index (χ0n) is 12.0. The van der Waals surface area contributed by atoms with Crippen LogP contribution >= 0.6 is 0 Å². The fourth-order valence-electron chi connectivity index (χ4n) is 2.71. The molecule has 0 radical (unpaired) electrons. The molecule has 0 unspecified atom stereocenters. The predicted molar refractivity (Wildman–Crippen MR) is 76.6 cm³/mol. The van der Waals surface area contributed by atoms with Crippen molar-refractivity contribution in [2.45, 2.75) is 6.54 Å². The average molecular weight is 326 g/mol. The lowest BCUT2D eigenvalue weighted by Gasteiger charge is -2.14. The first kappa shape index (κ1) is 14.3. The first-order valence-corrected chi connectivity index (χ1v) is 6.96. The van der Waals surface area contributed by atoms with E-state index in [-0.39, 0.29) is 34.6 Å². The molecule has 1 aliphatic rings. The summed E-state index contributed by atoms with van der Waals surface area (Å²) in [5.41, 5.74) is 0.553. The van der Waals surface area contributed by atoms with Crippen molar-refractivity contribution in [3.63, 3.8) is 0 Å². The molecule has 0 N–H and O–H groups in total. The first-order valence-electron chi connectivity index (χ1n) is 6.96. The van der Waals surface area contributed by atoms with Gasteiger partial charge in [0.2, 0.25) is 11.6 Å². The van der Waals surface area contributed by atoms with E-state index in [2.05, 4.69) is 15.3 Å². The third-order valence-electron chi connectivity index (χ3n) is 3.73. The van der Waals surface area contributed by atoms with Gasteiger partial charge in [-0.1, -0.05) is 5.21 Å². The van der Waals surface area contributed by atoms with Crippen LogP contribution in [0.15, 0.2) is 36.7 Å². The van der Waals surface area contributed by atoms with E-state index < -0.39 is 23.2 Å². The summed E-state index contributed by atoms with van der Waals surface area (Å²) in [6.45, 7) is -0.0869. The van der Waals surface area contributed by atoms with Crippen molar-refractivity contribution in [1.82, 2.24) is 20.0 Å². The number of carbonyl (C=O) groups excluding carboxylic acids is 2. The van der Waals surface area contributed by atoms with Crippen LogP contribution in [0.25, 0.3) is 0 Å². The molecule has 6 nitrogen and oxygen atoms in total. The third kappa shape index (κ3) is 2.11. The molecule has 0 atom stereocenters. The second-order valence-electron chi connectivity index (χ2n) is 5.30. The summed E-state index contributed by atoms with van der Waals surface area (Å²) in [5, 5.41) is 7.55. The van der Waals surface area contributed by atoms with Gasteiger partial charge in [-0.25, -0.2) is 13.5 Å². The Morgan fingerprint density at radius 2 is 1.75 bits per heavy atom. The number of ketones is 2. The first-order chi connectivity index (χ1) is 11.5. The van der Waals surface area contributed by atoms with Crippen LogP contribution in [0.5, 0.6) is 0 Å². The Labute approximate surface area is 133 Å². The lowest BCUT2D eigenvalue weighted by Crippen LogP contribution is -2.24. The Kier molecular flexibility index (Phi) is 3.05. The van der Waals surface area contributed by atoms with Crippen LogP contribution in [0.3, 0.4) is 0 Å². The van der Waals surface area contributed by atoms with Gasteiger partial charge in [-0.2, -0.15) is 0 Å². The maximum absolute atomic E-state index is 13.3. The maximum Gasteiger partial charge on any atom is 0.217 e. The molecular weight excluding hydrogens is 318 g/mol. The van der Waals surface area contributed by atoms with Gasteiger partial charge in [0.05, 0.1) is 12.1 Å². The molecule has 8 heteroatoms. The van der Waals surface area contributed by atoms with Crippen molar-refractivity contribution in [2.75, 3.05) is 0 Å². The van der Waals surface area contributed by atoms with Crippen LogP contribution in [0.1, 0.15) is 37.7 Å². The van der Waals surface area contributed by atoms with E-state index in [4.69, 9.17) is 0 Å². The van der Waals surface area contributed by atoms with Crippen LogP contribution in [0.2, 0.25) is 0 Å². The smallest absolute Gasteiger partial charge is 0.217 e. The van der Waals surface area contributed by atoms with Crippen molar-refractivity contribution in [2.24, 2.45) is 0 Å². The minimum atomic E-state index is -0.738. The summed E-state index contributed by atoms with van der Waals surface area (Å²) >= 11 is 0. The highest BCUT2D eigenvalue weighted by Crippen LogP contribution is 2.25.